The van der Waals surface area contributed by atoms with Crippen molar-refractivity contribution in [1.82, 2.24) is 4.98 Å². The predicted octanol–water partition coefficient (Wildman–Crippen LogP) is 3.03. The molecule has 0 amide bonds. The van der Waals surface area contributed by atoms with Crippen molar-refractivity contribution in [2.45, 2.75) is 13.8 Å². The van der Waals surface area contributed by atoms with Crippen molar-refractivity contribution in [2.75, 3.05) is 44.7 Å². The molecule has 1 fully saturated rings. The summed E-state index contributed by atoms with van der Waals surface area (Å²) in [6.45, 7) is 8.30. The summed E-state index contributed by atoms with van der Waals surface area (Å²) < 4.78 is 5.34. The Morgan fingerprint density at radius 1 is 1.17 bits per heavy atom. The van der Waals surface area contributed by atoms with Crippen molar-refractivity contribution in [1.29, 1.82) is 0 Å². The molecule has 0 spiro atoms. The molecule has 1 aliphatic heterocycles. The number of halogens is 1. The third-order valence-corrected chi connectivity index (χ3v) is 6.10. The fourth-order valence-electron chi connectivity index (χ4n) is 4.27. The number of aromatic amines is 1. The number of ether oxygens (including phenoxy) is 1. The second-order valence-electron chi connectivity index (χ2n) is 7.80. The number of benzene rings is 2. The summed E-state index contributed by atoms with van der Waals surface area (Å²) in [7, 11) is 1.65. The molecule has 0 atom stereocenters. The Morgan fingerprint density at radius 2 is 1.93 bits per heavy atom. The minimum atomic E-state index is 0.185. The first-order valence-electron chi connectivity index (χ1n) is 10.0. The number of fused-ring (bicyclic) bond motifs is 1. The maximum absolute atomic E-state index is 13.1. The molecule has 152 valence electrons. The number of quaternary nitrogens is 1. The van der Waals surface area contributed by atoms with E-state index in [0.717, 1.165) is 59.1 Å². The predicted molar refractivity (Wildman–Crippen MR) is 118 cm³/mol. The first-order chi connectivity index (χ1) is 14.0. The van der Waals surface area contributed by atoms with Crippen LogP contribution < -0.4 is 14.5 Å². The highest BCUT2D eigenvalue weighted by molar-refractivity contribution is 6.30. The van der Waals surface area contributed by atoms with E-state index in [0.29, 0.717) is 6.54 Å². The van der Waals surface area contributed by atoms with Crippen LogP contribution in [0.2, 0.25) is 5.02 Å². The number of ketones is 1. The highest BCUT2D eigenvalue weighted by Gasteiger charge is 2.26. The highest BCUT2D eigenvalue weighted by atomic mass is 35.5. The second kappa shape index (κ2) is 8.09. The summed E-state index contributed by atoms with van der Waals surface area (Å²) in [5.74, 6) is 0.952. The number of anilines is 1. The summed E-state index contributed by atoms with van der Waals surface area (Å²) in [5, 5.41) is 1.71. The molecular weight excluding hydrogens is 386 g/mol. The number of nitrogens with zero attached hydrogens (tertiary/aromatic N) is 1. The van der Waals surface area contributed by atoms with Gasteiger partial charge in [0.1, 0.15) is 12.3 Å². The molecule has 4 rings (SSSR count). The third-order valence-electron chi connectivity index (χ3n) is 5.87. The largest absolute Gasteiger partial charge is 0.497 e. The van der Waals surface area contributed by atoms with E-state index in [2.05, 4.69) is 22.9 Å². The van der Waals surface area contributed by atoms with E-state index in [1.54, 1.807) is 7.11 Å². The lowest BCUT2D eigenvalue weighted by Crippen LogP contribution is -3.15. The number of rotatable bonds is 5. The maximum atomic E-state index is 13.1. The fourth-order valence-corrected chi connectivity index (χ4v) is 4.44. The SMILES string of the molecule is COc1ccc2[nH]c(C)c(C(=O)C[NH+]3CCN(c4cc(Cl)ccc4C)CC3)c2c1. The molecule has 0 radical (unpaired) electrons. The molecule has 0 aliphatic carbocycles. The summed E-state index contributed by atoms with van der Waals surface area (Å²) in [5.41, 5.74) is 5.12. The van der Waals surface area contributed by atoms with Gasteiger partial charge in [-0.3, -0.25) is 4.79 Å². The van der Waals surface area contributed by atoms with E-state index in [-0.39, 0.29) is 5.78 Å². The van der Waals surface area contributed by atoms with Crippen molar-refractivity contribution < 1.29 is 14.4 Å². The second-order valence-corrected chi connectivity index (χ2v) is 8.24. The van der Waals surface area contributed by atoms with E-state index in [1.165, 1.54) is 16.2 Å². The van der Waals surface area contributed by atoms with Gasteiger partial charge < -0.3 is 19.5 Å². The summed E-state index contributed by atoms with van der Waals surface area (Å²) in [6.07, 6.45) is 0. The summed E-state index contributed by atoms with van der Waals surface area (Å²) in [6, 6.07) is 11.9. The van der Waals surface area contributed by atoms with Crippen LogP contribution in [0.15, 0.2) is 36.4 Å². The highest BCUT2D eigenvalue weighted by Crippen LogP contribution is 2.27. The van der Waals surface area contributed by atoms with Gasteiger partial charge in [0.15, 0.2) is 0 Å². The van der Waals surface area contributed by atoms with Gasteiger partial charge >= 0.3 is 0 Å². The van der Waals surface area contributed by atoms with Crippen molar-refractivity contribution in [3.05, 3.63) is 58.2 Å². The van der Waals surface area contributed by atoms with Crippen LogP contribution in [-0.2, 0) is 0 Å². The molecule has 2 aromatic carbocycles. The number of carbonyl (C=O) groups excluding carboxylic acids is 1. The fraction of sp³-hybridized carbons (Fsp3) is 0.348. The van der Waals surface area contributed by atoms with Crippen molar-refractivity contribution in [2.24, 2.45) is 0 Å². The Hall–Kier alpha value is -2.50. The van der Waals surface area contributed by atoms with Crippen LogP contribution in [0.25, 0.3) is 10.9 Å². The maximum Gasteiger partial charge on any atom is 0.219 e. The molecule has 1 saturated heterocycles. The third kappa shape index (κ3) is 3.98. The van der Waals surface area contributed by atoms with Gasteiger partial charge in [-0.05, 0) is 49.7 Å². The number of Topliss-reactive ketones (excluding diaryl/α,β-unsaturated/α-hetero) is 1. The van der Waals surface area contributed by atoms with Crippen LogP contribution in [0.5, 0.6) is 5.75 Å². The molecule has 0 saturated carbocycles. The number of aromatic nitrogens is 1. The number of methoxy groups -OCH3 is 1. The number of H-pyrrole nitrogens is 1. The zero-order chi connectivity index (χ0) is 20.5. The number of hydrogen-bond acceptors (Lipinski definition) is 3. The van der Waals surface area contributed by atoms with Gasteiger partial charge in [-0.25, -0.2) is 0 Å². The Bertz CT molecular complexity index is 1050. The van der Waals surface area contributed by atoms with Gasteiger partial charge in [0.25, 0.3) is 0 Å². The van der Waals surface area contributed by atoms with Crippen LogP contribution >= 0.6 is 11.6 Å². The molecule has 2 heterocycles. The number of nitrogens with one attached hydrogen (secondary N) is 2. The van der Waals surface area contributed by atoms with E-state index < -0.39 is 0 Å². The van der Waals surface area contributed by atoms with Crippen LogP contribution in [0.4, 0.5) is 5.69 Å². The van der Waals surface area contributed by atoms with Crippen molar-refractivity contribution in [3.63, 3.8) is 0 Å². The smallest absolute Gasteiger partial charge is 0.219 e. The molecule has 29 heavy (non-hydrogen) atoms. The van der Waals surface area contributed by atoms with E-state index in [9.17, 15) is 4.79 Å². The average molecular weight is 413 g/mol. The molecule has 1 aliphatic rings. The van der Waals surface area contributed by atoms with Crippen LogP contribution in [-0.4, -0.2) is 50.6 Å². The zero-order valence-corrected chi connectivity index (χ0v) is 17.9. The topological polar surface area (TPSA) is 49.8 Å². The van der Waals surface area contributed by atoms with E-state index in [1.807, 2.05) is 37.3 Å². The quantitative estimate of drug-likeness (QED) is 0.633. The molecule has 2 N–H and O–H groups in total. The van der Waals surface area contributed by atoms with Gasteiger partial charge in [0, 0.05) is 27.3 Å². The number of aryl methyl sites for hydroxylation is 2. The molecule has 5 nitrogen and oxygen atoms in total. The first kappa shape index (κ1) is 19.8. The molecular formula is C23H27ClN3O2+. The van der Waals surface area contributed by atoms with Gasteiger partial charge in [-0.1, -0.05) is 17.7 Å². The molecule has 6 heteroatoms. The van der Waals surface area contributed by atoms with Crippen molar-refractivity contribution in [3.8, 4) is 5.75 Å². The monoisotopic (exact) mass is 412 g/mol. The van der Waals surface area contributed by atoms with Gasteiger partial charge in [-0.15, -0.1) is 0 Å². The minimum Gasteiger partial charge on any atom is -0.497 e. The Morgan fingerprint density at radius 3 is 2.66 bits per heavy atom. The first-order valence-corrected chi connectivity index (χ1v) is 10.4. The van der Waals surface area contributed by atoms with Gasteiger partial charge in [0.05, 0.1) is 38.9 Å². The average Bonchev–Trinajstić information content (AvgIpc) is 3.05. The van der Waals surface area contributed by atoms with Crippen LogP contribution in [0.1, 0.15) is 21.6 Å². The Labute approximate surface area is 176 Å². The van der Waals surface area contributed by atoms with Gasteiger partial charge in [0.2, 0.25) is 5.78 Å². The van der Waals surface area contributed by atoms with Crippen LogP contribution in [0.3, 0.4) is 0 Å². The number of piperazine rings is 1. The molecule has 0 bridgehead atoms. The standard InChI is InChI=1S/C23H26ClN3O2/c1-15-4-5-17(24)12-21(15)27-10-8-26(9-11-27)14-22(28)23-16(2)25-20-7-6-18(29-3)13-19(20)23/h4-7,12-13,25H,8-11,14H2,1-3H3/p+1. The van der Waals surface area contributed by atoms with E-state index >= 15 is 0 Å². The number of hydrogen-bond donors (Lipinski definition) is 2. The lowest BCUT2D eigenvalue weighted by Gasteiger charge is -2.34. The lowest BCUT2D eigenvalue weighted by molar-refractivity contribution is -0.892. The molecule has 1 aromatic heterocycles. The zero-order valence-electron chi connectivity index (χ0n) is 17.1. The lowest BCUT2D eigenvalue weighted by atomic mass is 10.1. The van der Waals surface area contributed by atoms with Crippen LogP contribution in [0, 0.1) is 13.8 Å². The van der Waals surface area contributed by atoms with E-state index in [4.69, 9.17) is 16.3 Å². The van der Waals surface area contributed by atoms with Gasteiger partial charge in [-0.2, -0.15) is 0 Å². The minimum absolute atomic E-state index is 0.185. The van der Waals surface area contributed by atoms with Crippen molar-refractivity contribution >= 4 is 34.0 Å². The molecule has 0 unspecified atom stereocenters. The normalized spacial score (nSPS) is 15.1. The molecule has 3 aromatic rings. The Balaban J connectivity index is 1.46. The Kier molecular flexibility index (Phi) is 5.52. The summed E-state index contributed by atoms with van der Waals surface area (Å²) in [4.78, 5) is 20.2. The number of carbonyl (C=O) groups is 1. The summed E-state index contributed by atoms with van der Waals surface area (Å²) >= 11 is 6.19.